The fourth-order valence-corrected chi connectivity index (χ4v) is 2.95. The Morgan fingerprint density at radius 1 is 1.09 bits per heavy atom. The molecule has 1 heterocycles. The molecule has 1 aliphatic heterocycles. The molecule has 7 heteroatoms. The largest absolute Gasteiger partial charge is 0.416 e. The SMILES string of the molecule is O=[N+]([O-])[C@H]1Cc2ccccc2N[C@@H]1c1ccccc1C(F)(F)F. The highest BCUT2D eigenvalue weighted by atomic mass is 19.4. The van der Waals surface area contributed by atoms with Crippen molar-refractivity contribution < 1.29 is 18.1 Å². The molecule has 0 fully saturated rings. The minimum Gasteiger partial charge on any atom is -0.372 e. The van der Waals surface area contributed by atoms with Gasteiger partial charge in [0.05, 0.1) is 5.56 Å². The van der Waals surface area contributed by atoms with Crippen LogP contribution in [0.15, 0.2) is 48.5 Å². The molecule has 0 aliphatic carbocycles. The summed E-state index contributed by atoms with van der Waals surface area (Å²) in [5.74, 6) is 0. The summed E-state index contributed by atoms with van der Waals surface area (Å²) in [6.07, 6.45) is -4.47. The highest BCUT2D eigenvalue weighted by Crippen LogP contribution is 2.40. The molecule has 2 aromatic carbocycles. The van der Waals surface area contributed by atoms with Crippen molar-refractivity contribution in [3.63, 3.8) is 0 Å². The van der Waals surface area contributed by atoms with E-state index >= 15 is 0 Å². The summed E-state index contributed by atoms with van der Waals surface area (Å²) in [4.78, 5) is 10.9. The molecule has 0 bridgehead atoms. The predicted molar refractivity (Wildman–Crippen MR) is 78.7 cm³/mol. The highest BCUT2D eigenvalue weighted by molar-refractivity contribution is 5.56. The monoisotopic (exact) mass is 322 g/mol. The van der Waals surface area contributed by atoms with E-state index in [1.54, 1.807) is 24.3 Å². The van der Waals surface area contributed by atoms with Crippen molar-refractivity contribution in [2.45, 2.75) is 24.7 Å². The van der Waals surface area contributed by atoms with E-state index < -0.39 is 28.7 Å². The molecular formula is C16H13F3N2O2. The topological polar surface area (TPSA) is 55.2 Å². The van der Waals surface area contributed by atoms with E-state index in [2.05, 4.69) is 5.32 Å². The minimum atomic E-state index is -4.56. The van der Waals surface area contributed by atoms with Crippen LogP contribution in [0, 0.1) is 10.1 Å². The molecule has 2 atom stereocenters. The van der Waals surface area contributed by atoms with Crippen LogP contribution in [0.3, 0.4) is 0 Å². The normalized spacial score (nSPS) is 20.5. The predicted octanol–water partition coefficient (Wildman–Crippen LogP) is 4.06. The first-order valence-corrected chi connectivity index (χ1v) is 7.02. The molecule has 4 nitrogen and oxygen atoms in total. The van der Waals surface area contributed by atoms with Crippen molar-refractivity contribution >= 4 is 5.69 Å². The third kappa shape index (κ3) is 2.86. The average Bonchev–Trinajstić information content (AvgIpc) is 2.52. The fraction of sp³-hybridized carbons (Fsp3) is 0.250. The Morgan fingerprint density at radius 3 is 2.43 bits per heavy atom. The highest BCUT2D eigenvalue weighted by Gasteiger charge is 2.42. The van der Waals surface area contributed by atoms with E-state index in [0.717, 1.165) is 11.6 Å². The second kappa shape index (κ2) is 5.57. The molecule has 0 amide bonds. The van der Waals surface area contributed by atoms with Gasteiger partial charge in [-0.1, -0.05) is 36.4 Å². The number of rotatable bonds is 2. The van der Waals surface area contributed by atoms with Gasteiger partial charge in [0.25, 0.3) is 0 Å². The van der Waals surface area contributed by atoms with Crippen LogP contribution in [0.2, 0.25) is 0 Å². The van der Waals surface area contributed by atoms with Crippen molar-refractivity contribution in [2.75, 3.05) is 5.32 Å². The molecule has 0 unspecified atom stereocenters. The van der Waals surface area contributed by atoms with Crippen molar-refractivity contribution in [3.8, 4) is 0 Å². The second-order valence-electron chi connectivity index (χ2n) is 5.42. The van der Waals surface area contributed by atoms with Gasteiger partial charge in [-0.2, -0.15) is 13.2 Å². The fourth-order valence-electron chi connectivity index (χ4n) is 2.95. The standard InChI is InChI=1S/C16H13F3N2O2/c17-16(18,19)12-7-3-2-6-11(12)15-14(21(22)23)9-10-5-1-4-8-13(10)20-15/h1-8,14-15,20H,9H2/t14-,15+/m0/s1. The van der Waals surface area contributed by atoms with E-state index in [4.69, 9.17) is 0 Å². The van der Waals surface area contributed by atoms with Gasteiger partial charge in [-0.3, -0.25) is 10.1 Å². The molecule has 1 aliphatic rings. The maximum absolute atomic E-state index is 13.2. The Bertz CT molecular complexity index is 746. The third-order valence-corrected chi connectivity index (χ3v) is 4.01. The molecule has 0 saturated carbocycles. The number of nitrogens with zero attached hydrogens (tertiary/aromatic N) is 1. The molecular weight excluding hydrogens is 309 g/mol. The lowest BCUT2D eigenvalue weighted by atomic mass is 9.87. The molecule has 2 aromatic rings. The van der Waals surface area contributed by atoms with Gasteiger partial charge < -0.3 is 5.32 Å². The van der Waals surface area contributed by atoms with E-state index in [0.29, 0.717) is 5.69 Å². The number of nitro groups is 1. The van der Waals surface area contributed by atoms with E-state index in [1.165, 1.54) is 18.2 Å². The van der Waals surface area contributed by atoms with E-state index in [9.17, 15) is 23.3 Å². The van der Waals surface area contributed by atoms with Gasteiger partial charge in [-0.25, -0.2) is 0 Å². The Labute approximate surface area is 130 Å². The summed E-state index contributed by atoms with van der Waals surface area (Å²) in [7, 11) is 0. The lowest BCUT2D eigenvalue weighted by molar-refractivity contribution is -0.525. The zero-order valence-corrected chi connectivity index (χ0v) is 11.9. The summed E-state index contributed by atoms with van der Waals surface area (Å²) >= 11 is 0. The van der Waals surface area contributed by atoms with Crippen LogP contribution in [-0.2, 0) is 12.6 Å². The summed E-state index contributed by atoms with van der Waals surface area (Å²) in [6.45, 7) is 0. The van der Waals surface area contributed by atoms with Crippen LogP contribution in [0.1, 0.15) is 22.7 Å². The van der Waals surface area contributed by atoms with Gasteiger partial charge in [0.15, 0.2) is 0 Å². The summed E-state index contributed by atoms with van der Waals surface area (Å²) < 4.78 is 39.7. The third-order valence-electron chi connectivity index (χ3n) is 4.01. The molecule has 0 spiro atoms. The Kier molecular flexibility index (Phi) is 3.71. The molecule has 0 saturated heterocycles. The van der Waals surface area contributed by atoms with Crippen LogP contribution in [0.25, 0.3) is 0 Å². The van der Waals surface area contributed by atoms with Crippen LogP contribution >= 0.6 is 0 Å². The smallest absolute Gasteiger partial charge is 0.372 e. The summed E-state index contributed by atoms with van der Waals surface area (Å²) in [5, 5.41) is 14.3. The quantitative estimate of drug-likeness (QED) is 0.670. The molecule has 0 radical (unpaired) electrons. The number of hydrogen-bond acceptors (Lipinski definition) is 3. The van der Waals surface area contributed by atoms with Crippen molar-refractivity contribution in [1.29, 1.82) is 0 Å². The molecule has 0 aromatic heterocycles. The van der Waals surface area contributed by atoms with E-state index in [1.807, 2.05) is 0 Å². The zero-order valence-electron chi connectivity index (χ0n) is 11.9. The lowest BCUT2D eigenvalue weighted by Crippen LogP contribution is -2.39. The Morgan fingerprint density at radius 2 is 1.74 bits per heavy atom. The van der Waals surface area contributed by atoms with E-state index in [-0.39, 0.29) is 12.0 Å². The maximum atomic E-state index is 13.2. The number of hydrogen-bond donors (Lipinski definition) is 1. The first-order chi connectivity index (χ1) is 10.9. The van der Waals surface area contributed by atoms with Gasteiger partial charge in [0.1, 0.15) is 6.04 Å². The molecule has 1 N–H and O–H groups in total. The van der Waals surface area contributed by atoms with Crippen molar-refractivity contribution in [2.24, 2.45) is 0 Å². The van der Waals surface area contributed by atoms with Crippen LogP contribution in [-0.4, -0.2) is 11.0 Å². The molecule has 120 valence electrons. The van der Waals surface area contributed by atoms with Crippen molar-refractivity contribution in [1.82, 2.24) is 0 Å². The number of para-hydroxylation sites is 1. The zero-order chi connectivity index (χ0) is 16.6. The minimum absolute atomic E-state index is 0.0903. The van der Waals surface area contributed by atoms with Crippen LogP contribution in [0.5, 0.6) is 0 Å². The number of halogens is 3. The first kappa shape index (κ1) is 15.3. The first-order valence-electron chi connectivity index (χ1n) is 7.02. The summed E-state index contributed by atoms with van der Waals surface area (Å²) in [5.41, 5.74) is 0.419. The summed E-state index contributed by atoms with van der Waals surface area (Å²) in [6, 6.07) is 9.76. The van der Waals surface area contributed by atoms with Crippen LogP contribution < -0.4 is 5.32 Å². The van der Waals surface area contributed by atoms with Gasteiger partial charge in [-0.15, -0.1) is 0 Å². The van der Waals surface area contributed by atoms with Gasteiger partial charge in [-0.05, 0) is 23.3 Å². The number of benzene rings is 2. The Hall–Kier alpha value is -2.57. The second-order valence-corrected chi connectivity index (χ2v) is 5.42. The van der Waals surface area contributed by atoms with Crippen LogP contribution in [0.4, 0.5) is 18.9 Å². The number of nitrogens with one attached hydrogen (secondary N) is 1. The Balaban J connectivity index is 2.10. The van der Waals surface area contributed by atoms with Gasteiger partial charge in [0, 0.05) is 17.0 Å². The average molecular weight is 322 g/mol. The number of fused-ring (bicyclic) bond motifs is 1. The number of alkyl halides is 3. The maximum Gasteiger partial charge on any atom is 0.416 e. The molecule has 3 rings (SSSR count). The molecule has 23 heavy (non-hydrogen) atoms. The van der Waals surface area contributed by atoms with Crippen molar-refractivity contribution in [3.05, 3.63) is 75.3 Å². The number of anilines is 1. The van der Waals surface area contributed by atoms with Gasteiger partial charge >= 0.3 is 6.18 Å². The lowest BCUT2D eigenvalue weighted by Gasteiger charge is -2.31. The van der Waals surface area contributed by atoms with Gasteiger partial charge in [0.2, 0.25) is 6.04 Å².